The van der Waals surface area contributed by atoms with Gasteiger partial charge >= 0.3 is 11.7 Å². The largest absolute Gasteiger partial charge is 0.439 e. The minimum Gasteiger partial charge on any atom is -0.437 e. The number of benzene rings is 3. The number of carbonyl (C=O) groups is 1. The number of H-pyrrole nitrogens is 1. The van der Waals surface area contributed by atoms with E-state index in [9.17, 15) is 9.59 Å². The van der Waals surface area contributed by atoms with Gasteiger partial charge in [0.25, 0.3) is 5.89 Å². The van der Waals surface area contributed by atoms with Crippen molar-refractivity contribution in [3.05, 3.63) is 118 Å². The Morgan fingerprint density at radius 2 is 1.70 bits per heavy atom. The van der Waals surface area contributed by atoms with Crippen LogP contribution in [0.5, 0.6) is 0 Å². The second-order valence-electron chi connectivity index (χ2n) is 9.54. The summed E-state index contributed by atoms with van der Waals surface area (Å²) in [5, 5.41) is 6.85. The summed E-state index contributed by atoms with van der Waals surface area (Å²) in [6.07, 6.45) is 2.78. The molecule has 0 fully saturated rings. The minimum absolute atomic E-state index is 0.0745. The lowest BCUT2D eigenvalue weighted by atomic mass is 9.97. The number of aromatic amines is 1. The monoisotopic (exact) mass is 554 g/mol. The summed E-state index contributed by atoms with van der Waals surface area (Å²) in [6.45, 7) is 2.07. The SMILES string of the molecule is CCCc1nc(C(=O)NC(CS)Cc2ccccc2)oc1Cc1ccc(-c2ccccc2-c2noc(=O)[nH]2)cc1. The number of nitrogens with zero attached hydrogens (tertiary/aromatic N) is 2. The highest BCUT2D eigenvalue weighted by atomic mass is 32.1. The van der Waals surface area contributed by atoms with Crippen LogP contribution in [0.4, 0.5) is 0 Å². The number of carbonyl (C=O) groups excluding carboxylic acids is 1. The van der Waals surface area contributed by atoms with E-state index in [2.05, 4.69) is 44.5 Å². The Balaban J connectivity index is 1.32. The van der Waals surface area contributed by atoms with Gasteiger partial charge in [-0.05, 0) is 35.1 Å². The molecule has 0 saturated carbocycles. The predicted molar refractivity (Wildman–Crippen MR) is 157 cm³/mol. The first-order chi connectivity index (χ1) is 19.5. The van der Waals surface area contributed by atoms with E-state index >= 15 is 0 Å². The van der Waals surface area contributed by atoms with E-state index in [1.54, 1.807) is 0 Å². The molecule has 1 amide bonds. The maximum atomic E-state index is 13.0. The van der Waals surface area contributed by atoms with Gasteiger partial charge in [0, 0.05) is 23.8 Å². The molecule has 2 aromatic heterocycles. The number of amides is 1. The van der Waals surface area contributed by atoms with Gasteiger partial charge in [-0.25, -0.2) is 9.78 Å². The summed E-state index contributed by atoms with van der Waals surface area (Å²) >= 11 is 4.43. The number of nitrogens with one attached hydrogen (secondary N) is 2. The highest BCUT2D eigenvalue weighted by Gasteiger charge is 2.21. The normalized spacial score (nSPS) is 11.8. The smallest absolute Gasteiger partial charge is 0.437 e. The predicted octanol–water partition coefficient (Wildman–Crippen LogP) is 5.50. The zero-order valence-corrected chi connectivity index (χ0v) is 23.0. The molecule has 5 rings (SSSR count). The van der Waals surface area contributed by atoms with Gasteiger partial charge in [0.1, 0.15) is 5.76 Å². The molecule has 2 heterocycles. The molecular weight excluding hydrogens is 524 g/mol. The van der Waals surface area contributed by atoms with Crippen molar-refractivity contribution >= 4 is 18.5 Å². The quantitative estimate of drug-likeness (QED) is 0.186. The molecule has 8 nitrogen and oxygen atoms in total. The molecule has 2 N–H and O–H groups in total. The van der Waals surface area contributed by atoms with Crippen molar-refractivity contribution in [3.8, 4) is 22.5 Å². The number of hydrogen-bond acceptors (Lipinski definition) is 7. The number of aromatic nitrogens is 3. The topological polar surface area (TPSA) is 114 Å². The standard InChI is InChI=1S/C31H30N4O4S/c1-2-8-26-27(38-30(33-26)29(36)32-23(19-40)17-20-9-4-3-5-10-20)18-21-13-15-22(16-14-21)24-11-6-7-12-25(24)28-34-31(37)39-35-28/h3-7,9-16,23,40H,2,8,17-19H2,1H3,(H,32,36)(H,34,35,37). The number of aryl methyl sites for hydroxylation is 1. The number of hydrogen-bond donors (Lipinski definition) is 3. The second kappa shape index (κ2) is 12.7. The summed E-state index contributed by atoms with van der Waals surface area (Å²) in [6, 6.07) is 25.6. The first kappa shape index (κ1) is 27.2. The fourth-order valence-corrected chi connectivity index (χ4v) is 4.85. The molecular formula is C31H30N4O4S. The van der Waals surface area contributed by atoms with Gasteiger partial charge in [-0.2, -0.15) is 12.6 Å². The summed E-state index contributed by atoms with van der Waals surface area (Å²) in [5.41, 5.74) is 5.59. The van der Waals surface area contributed by atoms with Crippen LogP contribution in [0.3, 0.4) is 0 Å². The minimum atomic E-state index is -0.597. The zero-order chi connectivity index (χ0) is 27.9. The van der Waals surface area contributed by atoms with E-state index in [0.717, 1.165) is 39.9 Å². The molecule has 204 valence electrons. The van der Waals surface area contributed by atoms with Gasteiger partial charge < -0.3 is 9.73 Å². The molecule has 0 aliphatic heterocycles. The maximum Gasteiger partial charge on any atom is 0.439 e. The summed E-state index contributed by atoms with van der Waals surface area (Å²) in [5.74, 6) is 0.705. The number of thiol groups is 1. The van der Waals surface area contributed by atoms with E-state index in [1.807, 2.05) is 78.9 Å². The Morgan fingerprint density at radius 1 is 0.975 bits per heavy atom. The Kier molecular flexibility index (Phi) is 8.61. The fourth-order valence-electron chi connectivity index (χ4n) is 4.63. The van der Waals surface area contributed by atoms with Crippen LogP contribution in [-0.2, 0) is 19.3 Å². The average Bonchev–Trinajstić information content (AvgIpc) is 3.60. The first-order valence-corrected chi connectivity index (χ1v) is 13.9. The molecule has 1 atom stereocenters. The lowest BCUT2D eigenvalue weighted by Gasteiger charge is -2.15. The van der Waals surface area contributed by atoms with Gasteiger partial charge in [0.15, 0.2) is 5.82 Å². The van der Waals surface area contributed by atoms with E-state index in [4.69, 9.17) is 4.42 Å². The van der Waals surface area contributed by atoms with Crippen molar-refractivity contribution in [2.75, 3.05) is 5.75 Å². The third-order valence-electron chi connectivity index (χ3n) is 6.59. The maximum absolute atomic E-state index is 13.0. The summed E-state index contributed by atoms with van der Waals surface area (Å²) in [4.78, 5) is 31.7. The molecule has 3 aromatic carbocycles. The number of oxazole rings is 1. The Morgan fingerprint density at radius 3 is 2.38 bits per heavy atom. The fraction of sp³-hybridized carbons (Fsp3) is 0.226. The highest BCUT2D eigenvalue weighted by Crippen LogP contribution is 2.30. The first-order valence-electron chi connectivity index (χ1n) is 13.2. The van der Waals surface area contributed by atoms with Crippen LogP contribution < -0.4 is 11.1 Å². The van der Waals surface area contributed by atoms with Crippen LogP contribution in [0.2, 0.25) is 0 Å². The van der Waals surface area contributed by atoms with Crippen molar-refractivity contribution in [1.82, 2.24) is 20.4 Å². The van der Waals surface area contributed by atoms with Gasteiger partial charge in [-0.1, -0.05) is 97.4 Å². The molecule has 40 heavy (non-hydrogen) atoms. The van der Waals surface area contributed by atoms with E-state index in [-0.39, 0.29) is 17.8 Å². The third kappa shape index (κ3) is 6.43. The molecule has 0 saturated heterocycles. The second-order valence-corrected chi connectivity index (χ2v) is 9.91. The van der Waals surface area contributed by atoms with Crippen LogP contribution >= 0.6 is 12.6 Å². The van der Waals surface area contributed by atoms with Crippen LogP contribution in [0.25, 0.3) is 22.5 Å². The summed E-state index contributed by atoms with van der Waals surface area (Å²) in [7, 11) is 0. The molecule has 1 unspecified atom stereocenters. The highest BCUT2D eigenvalue weighted by molar-refractivity contribution is 7.80. The van der Waals surface area contributed by atoms with Gasteiger partial charge in [0.05, 0.1) is 5.69 Å². The lowest BCUT2D eigenvalue weighted by Crippen LogP contribution is -2.38. The average molecular weight is 555 g/mol. The van der Waals surface area contributed by atoms with Crippen molar-refractivity contribution in [2.24, 2.45) is 0 Å². The van der Waals surface area contributed by atoms with E-state index in [1.165, 1.54) is 0 Å². The van der Waals surface area contributed by atoms with Crippen LogP contribution in [0.1, 0.15) is 46.6 Å². The Labute approximate surface area is 237 Å². The van der Waals surface area contributed by atoms with Crippen molar-refractivity contribution in [3.63, 3.8) is 0 Å². The Hall–Kier alpha value is -4.37. The molecule has 0 aliphatic carbocycles. The molecule has 0 spiro atoms. The molecule has 0 bridgehead atoms. The lowest BCUT2D eigenvalue weighted by molar-refractivity contribution is 0.0904. The van der Waals surface area contributed by atoms with Gasteiger partial charge in [-0.3, -0.25) is 14.3 Å². The summed E-state index contributed by atoms with van der Waals surface area (Å²) < 4.78 is 10.7. The van der Waals surface area contributed by atoms with Crippen molar-refractivity contribution in [1.29, 1.82) is 0 Å². The number of rotatable bonds is 11. The van der Waals surface area contributed by atoms with Crippen molar-refractivity contribution < 1.29 is 13.7 Å². The van der Waals surface area contributed by atoms with E-state index in [0.29, 0.717) is 36.6 Å². The van der Waals surface area contributed by atoms with Gasteiger partial charge in [0.2, 0.25) is 0 Å². The zero-order valence-electron chi connectivity index (χ0n) is 22.1. The van der Waals surface area contributed by atoms with Crippen LogP contribution in [0, 0.1) is 0 Å². The molecule has 0 radical (unpaired) electrons. The van der Waals surface area contributed by atoms with Crippen LogP contribution in [-0.4, -0.2) is 32.8 Å². The Bertz CT molecular complexity index is 1620. The molecule has 9 heteroatoms. The van der Waals surface area contributed by atoms with Crippen LogP contribution in [0.15, 0.2) is 92.6 Å². The molecule has 0 aliphatic rings. The molecule has 5 aromatic rings. The van der Waals surface area contributed by atoms with Gasteiger partial charge in [-0.15, -0.1) is 0 Å². The van der Waals surface area contributed by atoms with Crippen molar-refractivity contribution in [2.45, 2.75) is 38.6 Å². The third-order valence-corrected chi connectivity index (χ3v) is 7.03. The van der Waals surface area contributed by atoms with E-state index < -0.39 is 5.76 Å².